The lowest BCUT2D eigenvalue weighted by atomic mass is 10.1. The minimum atomic E-state index is -0.0947. The van der Waals surface area contributed by atoms with E-state index >= 15 is 0 Å². The Labute approximate surface area is 213 Å². The van der Waals surface area contributed by atoms with Gasteiger partial charge in [-0.1, -0.05) is 67.2 Å². The predicted molar refractivity (Wildman–Crippen MR) is 146 cm³/mol. The first kappa shape index (κ1) is 23.8. The third kappa shape index (κ3) is 5.07. The number of carbonyl (C=O) groups excluding carboxylic acids is 1. The van der Waals surface area contributed by atoms with Crippen LogP contribution in [0.5, 0.6) is 0 Å². The molecule has 0 radical (unpaired) electrons. The molecular weight excluding hydrogens is 474 g/mol. The maximum absolute atomic E-state index is 14.0. The van der Waals surface area contributed by atoms with Gasteiger partial charge < -0.3 is 4.90 Å². The van der Waals surface area contributed by atoms with Crippen molar-refractivity contribution in [3.63, 3.8) is 0 Å². The molecule has 1 aliphatic carbocycles. The first-order chi connectivity index (χ1) is 17.1. The molecule has 1 aliphatic rings. The molecule has 0 unspecified atom stereocenters. The van der Waals surface area contributed by atoms with Crippen molar-refractivity contribution in [2.24, 2.45) is 5.92 Å². The molecule has 35 heavy (non-hydrogen) atoms. The van der Waals surface area contributed by atoms with E-state index in [9.17, 15) is 9.59 Å². The Kier molecular flexibility index (Phi) is 7.07. The summed E-state index contributed by atoms with van der Waals surface area (Å²) in [6.07, 6.45) is 3.38. The normalized spacial score (nSPS) is 13.3. The molecular formula is C28H29N3O2S2. The monoisotopic (exact) mass is 503 g/mol. The molecule has 5 nitrogen and oxygen atoms in total. The highest BCUT2D eigenvalue weighted by Crippen LogP contribution is 2.34. The number of rotatable bonds is 9. The number of hydrogen-bond acceptors (Lipinski definition) is 5. The highest BCUT2D eigenvalue weighted by molar-refractivity contribution is 7.99. The number of aromatic nitrogens is 2. The number of amides is 1. The fraction of sp³-hybridized carbons (Fsp3) is 0.321. The van der Waals surface area contributed by atoms with Crippen molar-refractivity contribution < 1.29 is 4.79 Å². The van der Waals surface area contributed by atoms with Gasteiger partial charge in [0.2, 0.25) is 5.91 Å². The van der Waals surface area contributed by atoms with Crippen molar-refractivity contribution in [3.8, 4) is 16.8 Å². The van der Waals surface area contributed by atoms with E-state index in [0.717, 1.165) is 41.9 Å². The third-order valence-electron chi connectivity index (χ3n) is 6.36. The number of para-hydroxylation sites is 1. The van der Waals surface area contributed by atoms with Crippen molar-refractivity contribution in [1.82, 2.24) is 14.5 Å². The quantitative estimate of drug-likeness (QED) is 0.203. The molecule has 0 N–H and O–H groups in total. The zero-order valence-electron chi connectivity index (χ0n) is 20.1. The number of thioether (sulfide) groups is 1. The second-order valence-corrected chi connectivity index (χ2v) is 10.9. The van der Waals surface area contributed by atoms with Gasteiger partial charge in [-0.25, -0.2) is 4.98 Å². The number of benzene rings is 2. The topological polar surface area (TPSA) is 55.2 Å². The first-order valence-electron chi connectivity index (χ1n) is 12.1. The lowest BCUT2D eigenvalue weighted by molar-refractivity contribution is -0.128. The highest BCUT2D eigenvalue weighted by atomic mass is 32.2. The average molecular weight is 504 g/mol. The largest absolute Gasteiger partial charge is 0.342 e. The zero-order valence-corrected chi connectivity index (χ0v) is 21.7. The van der Waals surface area contributed by atoms with Gasteiger partial charge in [-0.15, -0.1) is 11.3 Å². The van der Waals surface area contributed by atoms with Gasteiger partial charge in [0.05, 0.1) is 16.8 Å². The Morgan fingerprint density at radius 3 is 2.60 bits per heavy atom. The summed E-state index contributed by atoms with van der Waals surface area (Å²) in [6.45, 7) is 5.72. The van der Waals surface area contributed by atoms with Gasteiger partial charge in [-0.2, -0.15) is 0 Å². The fourth-order valence-electron chi connectivity index (χ4n) is 4.34. The zero-order chi connectivity index (χ0) is 24.4. The molecule has 7 heteroatoms. The van der Waals surface area contributed by atoms with Crippen LogP contribution >= 0.6 is 23.1 Å². The average Bonchev–Trinajstić information content (AvgIpc) is 3.59. The lowest BCUT2D eigenvalue weighted by Crippen LogP contribution is -2.35. The molecule has 2 aromatic heterocycles. The molecule has 0 aliphatic heterocycles. The molecule has 5 rings (SSSR count). The maximum Gasteiger partial charge on any atom is 0.268 e. The maximum atomic E-state index is 14.0. The van der Waals surface area contributed by atoms with Gasteiger partial charge >= 0.3 is 0 Å². The number of carbonyl (C=O) groups is 1. The SMILES string of the molecule is CCCN(CC1CC1)C(=O)CSc1nc2scc(-c3ccccc3)c2c(=O)n1-c1ccccc1C. The van der Waals surface area contributed by atoms with Gasteiger partial charge in [0.25, 0.3) is 5.56 Å². The highest BCUT2D eigenvalue weighted by Gasteiger charge is 2.27. The number of fused-ring (bicyclic) bond motifs is 1. The molecule has 0 spiro atoms. The van der Waals surface area contributed by atoms with Crippen LogP contribution in [-0.2, 0) is 4.79 Å². The van der Waals surface area contributed by atoms with Gasteiger partial charge in [0, 0.05) is 24.0 Å². The minimum Gasteiger partial charge on any atom is -0.342 e. The van der Waals surface area contributed by atoms with Crippen molar-refractivity contribution in [2.45, 2.75) is 38.3 Å². The second kappa shape index (κ2) is 10.4. The number of thiophene rings is 1. The van der Waals surface area contributed by atoms with E-state index in [1.54, 1.807) is 4.57 Å². The van der Waals surface area contributed by atoms with Crippen LogP contribution in [0.4, 0.5) is 0 Å². The molecule has 180 valence electrons. The first-order valence-corrected chi connectivity index (χ1v) is 14.0. The van der Waals surface area contributed by atoms with Crippen LogP contribution in [0.1, 0.15) is 31.7 Å². The van der Waals surface area contributed by atoms with E-state index in [2.05, 4.69) is 6.92 Å². The Morgan fingerprint density at radius 2 is 1.89 bits per heavy atom. The molecule has 0 atom stereocenters. The Bertz CT molecular complexity index is 1410. The van der Waals surface area contributed by atoms with Crippen molar-refractivity contribution in [2.75, 3.05) is 18.8 Å². The van der Waals surface area contributed by atoms with Gasteiger partial charge in [-0.3, -0.25) is 14.2 Å². The minimum absolute atomic E-state index is 0.0947. The van der Waals surface area contributed by atoms with Crippen LogP contribution in [0.3, 0.4) is 0 Å². The molecule has 0 saturated heterocycles. The van der Waals surface area contributed by atoms with Gasteiger partial charge in [0.1, 0.15) is 4.83 Å². The summed E-state index contributed by atoms with van der Waals surface area (Å²) in [6, 6.07) is 17.8. The van der Waals surface area contributed by atoms with E-state index in [0.29, 0.717) is 21.3 Å². The Hall–Kier alpha value is -2.90. The lowest BCUT2D eigenvalue weighted by Gasteiger charge is -2.22. The predicted octanol–water partition coefficient (Wildman–Crippen LogP) is 6.16. The summed E-state index contributed by atoms with van der Waals surface area (Å²) >= 11 is 2.84. The summed E-state index contributed by atoms with van der Waals surface area (Å²) in [5.41, 5.74) is 3.59. The number of aryl methyl sites for hydroxylation is 1. The van der Waals surface area contributed by atoms with Gasteiger partial charge in [-0.05, 0) is 49.3 Å². The van der Waals surface area contributed by atoms with Crippen LogP contribution in [0.25, 0.3) is 27.0 Å². The summed E-state index contributed by atoms with van der Waals surface area (Å²) in [5.74, 6) is 1.04. The summed E-state index contributed by atoms with van der Waals surface area (Å²) < 4.78 is 1.69. The van der Waals surface area contributed by atoms with Crippen LogP contribution < -0.4 is 5.56 Å². The molecule has 1 saturated carbocycles. The fourth-order valence-corrected chi connectivity index (χ4v) is 6.24. The van der Waals surface area contributed by atoms with Crippen LogP contribution in [0, 0.1) is 12.8 Å². The third-order valence-corrected chi connectivity index (χ3v) is 8.16. The van der Waals surface area contributed by atoms with E-state index < -0.39 is 0 Å². The van der Waals surface area contributed by atoms with Crippen LogP contribution in [0.2, 0.25) is 0 Å². The van der Waals surface area contributed by atoms with E-state index in [4.69, 9.17) is 4.98 Å². The van der Waals surface area contributed by atoms with Gasteiger partial charge in [0.15, 0.2) is 5.16 Å². The summed E-state index contributed by atoms with van der Waals surface area (Å²) in [5, 5.41) is 3.20. The molecule has 0 bridgehead atoms. The Morgan fingerprint density at radius 1 is 1.14 bits per heavy atom. The molecule has 1 amide bonds. The van der Waals surface area contributed by atoms with Crippen LogP contribution in [0.15, 0.2) is 69.9 Å². The van der Waals surface area contributed by atoms with E-state index in [1.807, 2.05) is 71.8 Å². The van der Waals surface area contributed by atoms with E-state index in [1.165, 1.54) is 35.9 Å². The molecule has 2 heterocycles. The second-order valence-electron chi connectivity index (χ2n) is 9.09. The molecule has 2 aromatic carbocycles. The molecule has 1 fully saturated rings. The number of hydrogen-bond donors (Lipinski definition) is 0. The molecule has 4 aromatic rings. The van der Waals surface area contributed by atoms with Crippen molar-refractivity contribution in [3.05, 3.63) is 75.9 Å². The number of nitrogens with zero attached hydrogens (tertiary/aromatic N) is 3. The summed E-state index contributed by atoms with van der Waals surface area (Å²) in [7, 11) is 0. The Balaban J connectivity index is 1.56. The van der Waals surface area contributed by atoms with Crippen molar-refractivity contribution in [1.29, 1.82) is 0 Å². The van der Waals surface area contributed by atoms with Crippen molar-refractivity contribution >= 4 is 39.2 Å². The summed E-state index contributed by atoms with van der Waals surface area (Å²) in [4.78, 5) is 34.7. The standard InChI is InChI=1S/C28H29N3O2S2/c1-3-15-30(16-20-13-14-20)24(32)18-35-28-29-26-25(22(17-34-26)21-10-5-4-6-11-21)27(33)31(28)23-12-8-7-9-19(23)2/h4-12,17,20H,3,13-16,18H2,1-2H3. The van der Waals surface area contributed by atoms with Crippen LogP contribution in [-0.4, -0.2) is 39.2 Å². The smallest absolute Gasteiger partial charge is 0.268 e. The van der Waals surface area contributed by atoms with E-state index in [-0.39, 0.29) is 17.2 Å².